The molecule has 0 bridgehead atoms. The van der Waals surface area contributed by atoms with Crippen LogP contribution in [0.4, 0.5) is 0 Å². The summed E-state index contributed by atoms with van der Waals surface area (Å²) in [6.07, 6.45) is 3.33. The highest BCUT2D eigenvalue weighted by molar-refractivity contribution is 6.33. The Morgan fingerprint density at radius 3 is 2.67 bits per heavy atom. The fourth-order valence-electron chi connectivity index (χ4n) is 2.49. The third kappa shape index (κ3) is 2.59. The number of imidazole rings is 1. The Bertz CT molecular complexity index is 990. The van der Waals surface area contributed by atoms with Gasteiger partial charge in [-0.15, -0.1) is 0 Å². The second kappa shape index (κ2) is 6.13. The Balaban J connectivity index is 2.22. The topological polar surface area (TPSA) is 59.6 Å². The van der Waals surface area contributed by atoms with Gasteiger partial charge < -0.3 is 9.47 Å². The van der Waals surface area contributed by atoms with Crippen LogP contribution >= 0.6 is 11.6 Å². The second-order valence-corrected chi connectivity index (χ2v) is 5.94. The molecule has 0 atom stereocenters. The maximum absolute atomic E-state index is 12.6. The molecule has 0 spiro atoms. The van der Waals surface area contributed by atoms with Crippen molar-refractivity contribution in [1.82, 2.24) is 18.9 Å². The number of halogens is 1. The van der Waals surface area contributed by atoms with E-state index in [1.165, 1.54) is 4.57 Å². The largest absolute Gasteiger partial charge is 0.341 e. The zero-order valence-corrected chi connectivity index (χ0v) is 14.4. The van der Waals surface area contributed by atoms with Crippen LogP contribution in [0.1, 0.15) is 17.4 Å². The first-order chi connectivity index (χ1) is 11.4. The Kier molecular flexibility index (Phi) is 4.15. The van der Waals surface area contributed by atoms with E-state index in [1.54, 1.807) is 41.9 Å². The van der Waals surface area contributed by atoms with Crippen molar-refractivity contribution in [3.63, 3.8) is 0 Å². The molecule has 124 valence electrons. The lowest BCUT2D eigenvalue weighted by molar-refractivity contribution is 0.0797. The van der Waals surface area contributed by atoms with Crippen molar-refractivity contribution in [3.8, 4) is 11.3 Å². The smallest absolute Gasteiger partial charge is 0.294 e. The van der Waals surface area contributed by atoms with Crippen molar-refractivity contribution in [2.45, 2.75) is 6.92 Å². The monoisotopic (exact) mass is 344 g/mol. The van der Waals surface area contributed by atoms with E-state index in [2.05, 4.69) is 4.98 Å². The molecule has 0 aliphatic rings. The molecule has 0 unspecified atom stereocenters. The zero-order valence-electron chi connectivity index (χ0n) is 13.7. The molecule has 6 nitrogen and oxygen atoms in total. The summed E-state index contributed by atoms with van der Waals surface area (Å²) in [6, 6.07) is 7.30. The van der Waals surface area contributed by atoms with Gasteiger partial charge in [0.05, 0.1) is 5.69 Å². The highest BCUT2D eigenvalue weighted by Gasteiger charge is 2.18. The first-order valence-electron chi connectivity index (χ1n) is 7.53. The number of amides is 1. The van der Waals surface area contributed by atoms with Crippen molar-refractivity contribution in [3.05, 3.63) is 57.7 Å². The van der Waals surface area contributed by atoms with E-state index in [0.717, 1.165) is 5.56 Å². The highest BCUT2D eigenvalue weighted by atomic mass is 35.5. The van der Waals surface area contributed by atoms with E-state index in [4.69, 9.17) is 11.6 Å². The minimum Gasteiger partial charge on any atom is -0.341 e. The van der Waals surface area contributed by atoms with Crippen LogP contribution in [0.5, 0.6) is 0 Å². The van der Waals surface area contributed by atoms with Crippen LogP contribution in [0.3, 0.4) is 0 Å². The van der Waals surface area contributed by atoms with Crippen molar-refractivity contribution >= 4 is 23.2 Å². The quantitative estimate of drug-likeness (QED) is 0.733. The molecule has 1 aromatic carbocycles. The number of hydrogen-bond donors (Lipinski definition) is 0. The summed E-state index contributed by atoms with van der Waals surface area (Å²) < 4.78 is 3.07. The minimum absolute atomic E-state index is 0.209. The van der Waals surface area contributed by atoms with Crippen LogP contribution in [0.15, 0.2) is 41.5 Å². The molecule has 3 aromatic rings. The molecule has 3 rings (SSSR count). The average Bonchev–Trinajstić information content (AvgIpc) is 3.01. The molecule has 7 heteroatoms. The van der Waals surface area contributed by atoms with Gasteiger partial charge in [0.25, 0.3) is 11.5 Å². The molecule has 0 fully saturated rings. The van der Waals surface area contributed by atoms with Crippen LogP contribution in [-0.4, -0.2) is 38.4 Å². The Morgan fingerprint density at radius 2 is 2.00 bits per heavy atom. The van der Waals surface area contributed by atoms with Gasteiger partial charge in [-0.2, -0.15) is 0 Å². The lowest BCUT2D eigenvalue weighted by Crippen LogP contribution is -2.26. The van der Waals surface area contributed by atoms with Gasteiger partial charge in [-0.25, -0.2) is 4.98 Å². The van der Waals surface area contributed by atoms with Crippen molar-refractivity contribution in [2.75, 3.05) is 13.6 Å². The fourth-order valence-corrected chi connectivity index (χ4v) is 2.72. The average molecular weight is 345 g/mol. The van der Waals surface area contributed by atoms with Gasteiger partial charge in [0.2, 0.25) is 5.65 Å². The predicted octanol–water partition coefficient (Wildman–Crippen LogP) is 2.45. The fraction of sp³-hybridized carbons (Fsp3) is 0.235. The first kappa shape index (κ1) is 16.3. The van der Waals surface area contributed by atoms with Crippen LogP contribution in [-0.2, 0) is 7.05 Å². The van der Waals surface area contributed by atoms with Crippen molar-refractivity contribution in [1.29, 1.82) is 0 Å². The van der Waals surface area contributed by atoms with Gasteiger partial charge in [0.1, 0.15) is 5.69 Å². The molecule has 0 radical (unpaired) electrons. The van der Waals surface area contributed by atoms with Gasteiger partial charge in [0, 0.05) is 43.6 Å². The summed E-state index contributed by atoms with van der Waals surface area (Å²) in [7, 11) is 3.36. The predicted molar refractivity (Wildman–Crippen MR) is 93.5 cm³/mol. The summed E-state index contributed by atoms with van der Waals surface area (Å²) in [5.41, 5.74) is 1.56. The van der Waals surface area contributed by atoms with E-state index >= 15 is 0 Å². The van der Waals surface area contributed by atoms with E-state index in [1.807, 2.05) is 25.1 Å². The highest BCUT2D eigenvalue weighted by Crippen LogP contribution is 2.26. The third-order valence-corrected chi connectivity index (χ3v) is 4.37. The van der Waals surface area contributed by atoms with E-state index in [0.29, 0.717) is 17.3 Å². The summed E-state index contributed by atoms with van der Waals surface area (Å²) >= 11 is 6.25. The molecule has 24 heavy (non-hydrogen) atoms. The standard InChI is InChI=1S/C17H17ClN4O2/c1-4-20(2)16(23)13-9-22-10-14(11-7-5-6-8-12(11)18)21(3)17(24)15(22)19-13/h5-10H,4H2,1-3H3. The number of aromatic nitrogens is 3. The summed E-state index contributed by atoms with van der Waals surface area (Å²) in [5.74, 6) is -0.220. The molecular weight excluding hydrogens is 328 g/mol. The van der Waals surface area contributed by atoms with Crippen LogP contribution in [0.2, 0.25) is 5.02 Å². The van der Waals surface area contributed by atoms with Gasteiger partial charge >= 0.3 is 0 Å². The van der Waals surface area contributed by atoms with Gasteiger partial charge in [-0.1, -0.05) is 29.8 Å². The summed E-state index contributed by atoms with van der Waals surface area (Å²) in [4.78, 5) is 30.6. The molecule has 0 N–H and O–H groups in total. The van der Waals surface area contributed by atoms with E-state index in [-0.39, 0.29) is 22.8 Å². The number of fused-ring (bicyclic) bond motifs is 1. The number of benzene rings is 1. The second-order valence-electron chi connectivity index (χ2n) is 5.53. The normalized spacial score (nSPS) is 11.0. The van der Waals surface area contributed by atoms with Crippen molar-refractivity contribution < 1.29 is 4.79 Å². The van der Waals surface area contributed by atoms with Crippen LogP contribution in [0, 0.1) is 0 Å². The Morgan fingerprint density at radius 1 is 1.29 bits per heavy atom. The van der Waals surface area contributed by atoms with Gasteiger partial charge in [-0.05, 0) is 13.0 Å². The van der Waals surface area contributed by atoms with Crippen molar-refractivity contribution in [2.24, 2.45) is 7.05 Å². The molecule has 0 aliphatic heterocycles. The molecule has 0 aliphatic carbocycles. The van der Waals surface area contributed by atoms with Gasteiger partial charge in [-0.3, -0.25) is 14.0 Å². The summed E-state index contributed by atoms with van der Waals surface area (Å²) in [5, 5.41) is 0.550. The maximum Gasteiger partial charge on any atom is 0.294 e. The number of carbonyl (C=O) groups excluding carboxylic acids is 1. The number of carbonyl (C=O) groups is 1. The first-order valence-corrected chi connectivity index (χ1v) is 7.91. The van der Waals surface area contributed by atoms with E-state index < -0.39 is 0 Å². The molecule has 1 amide bonds. The number of nitrogens with zero attached hydrogens (tertiary/aromatic N) is 4. The molecule has 0 saturated carbocycles. The zero-order chi connectivity index (χ0) is 17.4. The van der Waals surface area contributed by atoms with Crippen LogP contribution < -0.4 is 5.56 Å². The maximum atomic E-state index is 12.6. The van der Waals surface area contributed by atoms with Crippen LogP contribution in [0.25, 0.3) is 16.9 Å². The minimum atomic E-state index is -0.286. The van der Waals surface area contributed by atoms with E-state index in [9.17, 15) is 9.59 Å². The lowest BCUT2D eigenvalue weighted by atomic mass is 10.1. The number of rotatable bonds is 3. The SMILES string of the molecule is CCN(C)C(=O)c1cn2cc(-c3ccccc3Cl)n(C)c(=O)c2n1. The third-order valence-electron chi connectivity index (χ3n) is 4.04. The Hall–Kier alpha value is -2.60. The summed E-state index contributed by atoms with van der Waals surface area (Å²) in [6.45, 7) is 2.44. The molecule has 2 aromatic heterocycles. The lowest BCUT2D eigenvalue weighted by Gasteiger charge is -2.11. The van der Waals surface area contributed by atoms with Gasteiger partial charge in [0.15, 0.2) is 0 Å². The Labute approximate surface area is 143 Å². The molecular formula is C17H17ClN4O2. The number of hydrogen-bond acceptors (Lipinski definition) is 3. The molecule has 2 heterocycles. The molecule has 0 saturated heterocycles.